The molecule has 2 aromatic rings. The SMILES string of the molecule is CC1(N)CCN(C(=O)[C@H](Cc2ccc(Br)cc2)NC(=O)C2(c3cccc(F)c3F)CC2)CC1. The van der Waals surface area contributed by atoms with Gasteiger partial charge in [-0.25, -0.2) is 8.78 Å². The number of carbonyl (C=O) groups is 2. The summed E-state index contributed by atoms with van der Waals surface area (Å²) in [7, 11) is 0. The van der Waals surface area contributed by atoms with E-state index in [0.29, 0.717) is 45.2 Å². The van der Waals surface area contributed by atoms with Gasteiger partial charge in [0.15, 0.2) is 11.6 Å². The Kier molecular flexibility index (Phi) is 6.60. The zero-order chi connectivity index (χ0) is 23.8. The lowest BCUT2D eigenvalue weighted by molar-refractivity contribution is -0.138. The van der Waals surface area contributed by atoms with Crippen molar-refractivity contribution >= 4 is 27.7 Å². The first-order chi connectivity index (χ1) is 15.6. The normalized spacial score (nSPS) is 19.6. The fraction of sp³-hybridized carbons (Fsp3) is 0.440. The lowest BCUT2D eigenvalue weighted by atomic mass is 9.90. The minimum absolute atomic E-state index is 0.0479. The molecule has 1 aliphatic carbocycles. The van der Waals surface area contributed by atoms with Crippen molar-refractivity contribution in [3.8, 4) is 0 Å². The van der Waals surface area contributed by atoms with Gasteiger partial charge in [0.2, 0.25) is 11.8 Å². The van der Waals surface area contributed by atoms with Crippen LogP contribution >= 0.6 is 15.9 Å². The van der Waals surface area contributed by atoms with Gasteiger partial charge < -0.3 is 16.0 Å². The van der Waals surface area contributed by atoms with Gasteiger partial charge in [0.25, 0.3) is 0 Å². The van der Waals surface area contributed by atoms with Gasteiger partial charge in [0.1, 0.15) is 6.04 Å². The summed E-state index contributed by atoms with van der Waals surface area (Å²) in [5, 5.41) is 2.88. The van der Waals surface area contributed by atoms with E-state index < -0.39 is 29.0 Å². The molecule has 0 radical (unpaired) electrons. The predicted molar refractivity (Wildman–Crippen MR) is 125 cm³/mol. The van der Waals surface area contributed by atoms with Gasteiger partial charge in [-0.2, -0.15) is 0 Å². The molecule has 3 N–H and O–H groups in total. The van der Waals surface area contributed by atoms with E-state index in [1.54, 1.807) is 4.90 Å². The van der Waals surface area contributed by atoms with Crippen molar-refractivity contribution in [2.24, 2.45) is 5.73 Å². The van der Waals surface area contributed by atoms with Gasteiger partial charge in [-0.3, -0.25) is 9.59 Å². The first-order valence-corrected chi connectivity index (χ1v) is 12.0. The second kappa shape index (κ2) is 9.14. The van der Waals surface area contributed by atoms with Crippen LogP contribution in [0, 0.1) is 11.6 Å². The lowest BCUT2D eigenvalue weighted by Crippen LogP contribution is -2.56. The van der Waals surface area contributed by atoms with Crippen molar-refractivity contribution in [1.29, 1.82) is 0 Å². The number of benzene rings is 2. The van der Waals surface area contributed by atoms with E-state index in [1.807, 2.05) is 31.2 Å². The summed E-state index contributed by atoms with van der Waals surface area (Å²) in [6.07, 6.45) is 2.48. The average Bonchev–Trinajstić information content (AvgIpc) is 3.58. The Morgan fingerprint density at radius 1 is 1.09 bits per heavy atom. The number of likely N-dealkylation sites (tertiary alicyclic amines) is 1. The summed E-state index contributed by atoms with van der Waals surface area (Å²) in [6, 6.07) is 10.6. The van der Waals surface area contributed by atoms with E-state index in [-0.39, 0.29) is 17.0 Å². The molecule has 0 aromatic heterocycles. The van der Waals surface area contributed by atoms with E-state index >= 15 is 0 Å². The van der Waals surface area contributed by atoms with Gasteiger partial charge in [-0.05, 0) is 56.4 Å². The van der Waals surface area contributed by atoms with Crippen LogP contribution in [0.4, 0.5) is 8.78 Å². The third-order valence-electron chi connectivity index (χ3n) is 6.83. The number of hydrogen-bond acceptors (Lipinski definition) is 3. The number of nitrogens with zero attached hydrogens (tertiary/aromatic N) is 1. The number of nitrogens with two attached hydrogens (primary N) is 1. The average molecular weight is 520 g/mol. The first kappa shape index (κ1) is 23.8. The number of rotatable bonds is 6. The van der Waals surface area contributed by atoms with E-state index in [2.05, 4.69) is 21.2 Å². The summed E-state index contributed by atoms with van der Waals surface area (Å²) < 4.78 is 29.2. The minimum Gasteiger partial charge on any atom is -0.343 e. The van der Waals surface area contributed by atoms with E-state index in [9.17, 15) is 18.4 Å². The largest absolute Gasteiger partial charge is 0.343 e. The smallest absolute Gasteiger partial charge is 0.245 e. The van der Waals surface area contributed by atoms with Crippen molar-refractivity contribution in [2.45, 2.75) is 56.0 Å². The van der Waals surface area contributed by atoms with Crippen LogP contribution in [-0.4, -0.2) is 41.4 Å². The van der Waals surface area contributed by atoms with Gasteiger partial charge >= 0.3 is 0 Å². The Labute approximate surface area is 200 Å². The summed E-state index contributed by atoms with van der Waals surface area (Å²) in [5.41, 5.74) is 5.70. The first-order valence-electron chi connectivity index (χ1n) is 11.2. The molecule has 1 atom stereocenters. The fourth-order valence-electron chi connectivity index (χ4n) is 4.43. The third kappa shape index (κ3) is 5.11. The molecule has 2 fully saturated rings. The second-order valence-corrected chi connectivity index (χ2v) is 10.4. The van der Waals surface area contributed by atoms with Crippen molar-refractivity contribution in [3.63, 3.8) is 0 Å². The summed E-state index contributed by atoms with van der Waals surface area (Å²) >= 11 is 3.40. The standard InChI is InChI=1S/C25H28BrF2N3O2/c1-24(29)11-13-31(14-12-24)22(32)20(15-16-5-7-17(26)8-6-16)30-23(33)25(9-10-25)18-3-2-4-19(27)21(18)28/h2-8,20H,9-15,29H2,1H3,(H,30,33)/t20-/m0/s1. The van der Waals surface area contributed by atoms with Crippen LogP contribution in [0.5, 0.6) is 0 Å². The van der Waals surface area contributed by atoms with Crippen LogP contribution in [-0.2, 0) is 21.4 Å². The Bertz CT molecular complexity index is 1040. The molecule has 1 heterocycles. The molecule has 0 unspecified atom stereocenters. The summed E-state index contributed by atoms with van der Waals surface area (Å²) in [5.74, 6) is -2.60. The lowest BCUT2D eigenvalue weighted by Gasteiger charge is -2.38. The highest BCUT2D eigenvalue weighted by atomic mass is 79.9. The molecule has 1 saturated carbocycles. The van der Waals surface area contributed by atoms with Crippen LogP contribution < -0.4 is 11.1 Å². The molecular formula is C25H28BrF2N3O2. The molecule has 5 nitrogen and oxygen atoms in total. The van der Waals surface area contributed by atoms with E-state index in [4.69, 9.17) is 5.73 Å². The zero-order valence-electron chi connectivity index (χ0n) is 18.5. The summed E-state index contributed by atoms with van der Waals surface area (Å²) in [6.45, 7) is 3.00. The number of nitrogens with one attached hydrogen (secondary N) is 1. The Morgan fingerprint density at radius 3 is 2.33 bits per heavy atom. The van der Waals surface area contributed by atoms with Gasteiger partial charge in [0, 0.05) is 35.1 Å². The molecule has 2 aliphatic rings. The van der Waals surface area contributed by atoms with Crippen LogP contribution in [0.1, 0.15) is 43.7 Å². The fourth-order valence-corrected chi connectivity index (χ4v) is 4.69. The predicted octanol–water partition coefficient (Wildman–Crippen LogP) is 3.83. The number of piperidine rings is 1. The molecule has 0 bridgehead atoms. The molecule has 0 spiro atoms. The molecule has 4 rings (SSSR count). The van der Waals surface area contributed by atoms with E-state index in [1.165, 1.54) is 12.1 Å². The maximum Gasteiger partial charge on any atom is 0.245 e. The van der Waals surface area contributed by atoms with Crippen LogP contribution in [0.3, 0.4) is 0 Å². The number of halogens is 3. The topological polar surface area (TPSA) is 75.4 Å². The minimum atomic E-state index is -1.14. The molecule has 1 saturated heterocycles. The van der Waals surface area contributed by atoms with Crippen LogP contribution in [0.2, 0.25) is 0 Å². The van der Waals surface area contributed by atoms with Gasteiger partial charge in [0.05, 0.1) is 5.41 Å². The quantitative estimate of drug-likeness (QED) is 0.608. The van der Waals surface area contributed by atoms with Crippen molar-refractivity contribution in [2.75, 3.05) is 13.1 Å². The molecule has 2 amide bonds. The van der Waals surface area contributed by atoms with Gasteiger partial charge in [-0.15, -0.1) is 0 Å². The van der Waals surface area contributed by atoms with E-state index in [0.717, 1.165) is 16.1 Å². The number of hydrogen-bond donors (Lipinski definition) is 2. The molecule has 1 aliphatic heterocycles. The summed E-state index contributed by atoms with van der Waals surface area (Å²) in [4.78, 5) is 28.5. The maximum atomic E-state index is 14.5. The Morgan fingerprint density at radius 2 is 1.73 bits per heavy atom. The molecule has 176 valence electrons. The highest BCUT2D eigenvalue weighted by Crippen LogP contribution is 2.49. The molecular weight excluding hydrogens is 492 g/mol. The number of carbonyl (C=O) groups excluding carboxylic acids is 2. The molecule has 2 aromatic carbocycles. The highest BCUT2D eigenvalue weighted by Gasteiger charge is 2.54. The van der Waals surface area contributed by atoms with Crippen molar-refractivity contribution < 1.29 is 18.4 Å². The monoisotopic (exact) mass is 519 g/mol. The highest BCUT2D eigenvalue weighted by molar-refractivity contribution is 9.10. The Balaban J connectivity index is 1.56. The van der Waals surface area contributed by atoms with Crippen molar-refractivity contribution in [1.82, 2.24) is 10.2 Å². The number of amides is 2. The molecule has 8 heteroatoms. The zero-order valence-corrected chi connectivity index (χ0v) is 20.1. The Hall–Kier alpha value is -2.32. The maximum absolute atomic E-state index is 14.5. The molecule has 33 heavy (non-hydrogen) atoms. The third-order valence-corrected chi connectivity index (χ3v) is 7.35. The van der Waals surface area contributed by atoms with Crippen molar-refractivity contribution in [3.05, 3.63) is 69.7 Å². The van der Waals surface area contributed by atoms with Crippen LogP contribution in [0.15, 0.2) is 46.9 Å². The van der Waals surface area contributed by atoms with Gasteiger partial charge in [-0.1, -0.05) is 40.2 Å². The van der Waals surface area contributed by atoms with Crippen LogP contribution in [0.25, 0.3) is 0 Å². The second-order valence-electron chi connectivity index (χ2n) is 9.52.